The van der Waals surface area contributed by atoms with Crippen LogP contribution in [0.4, 0.5) is 0 Å². The molecule has 2 aromatic rings. The Morgan fingerprint density at radius 1 is 0.947 bits per heavy atom. The van der Waals surface area contributed by atoms with Crippen molar-refractivity contribution in [3.63, 3.8) is 0 Å². The molecule has 2 aromatic carbocycles. The minimum Gasteiger partial charge on any atom is -0.489 e. The zero-order valence-electron chi connectivity index (χ0n) is 10.7. The molecule has 2 rings (SSSR count). The van der Waals surface area contributed by atoms with Crippen LogP contribution in [0, 0.1) is 0 Å². The molecule has 0 amide bonds. The van der Waals surface area contributed by atoms with Crippen molar-refractivity contribution in [1.29, 1.82) is 0 Å². The Hall–Kier alpha value is -2.26. The lowest BCUT2D eigenvalue weighted by Crippen LogP contribution is -2.17. The van der Waals surface area contributed by atoms with Crippen molar-refractivity contribution in [2.45, 2.75) is 6.61 Å². The Morgan fingerprint density at radius 3 is 2.32 bits per heavy atom. The molecule has 0 bridgehead atoms. The highest BCUT2D eigenvalue weighted by molar-refractivity contribution is 5.31. The van der Waals surface area contributed by atoms with Gasteiger partial charge in [-0.3, -0.25) is 0 Å². The summed E-state index contributed by atoms with van der Waals surface area (Å²) >= 11 is 0. The van der Waals surface area contributed by atoms with E-state index in [2.05, 4.69) is 12.1 Å². The molecular formula is C16H17NO2. The Bertz CT molecular complexity index is 494. The first kappa shape index (κ1) is 13.2. The smallest absolute Gasteiger partial charge is 0.147 e. The third kappa shape index (κ3) is 4.48. The van der Waals surface area contributed by atoms with Gasteiger partial charge >= 0.3 is 0 Å². The van der Waals surface area contributed by atoms with Crippen molar-refractivity contribution in [2.75, 3.05) is 6.54 Å². The van der Waals surface area contributed by atoms with Gasteiger partial charge in [-0.2, -0.15) is 5.48 Å². The maximum atomic E-state index is 5.68. The first-order valence-corrected chi connectivity index (χ1v) is 6.16. The van der Waals surface area contributed by atoms with Gasteiger partial charge in [0.05, 0.1) is 0 Å². The van der Waals surface area contributed by atoms with Crippen LogP contribution in [0.2, 0.25) is 0 Å². The molecular weight excluding hydrogens is 238 g/mol. The molecule has 0 spiro atoms. The SMILES string of the molecule is C=CCNOc1ccc(OCc2ccccc2)cc1. The molecule has 0 saturated heterocycles. The molecule has 0 unspecified atom stereocenters. The number of rotatable bonds is 7. The van der Waals surface area contributed by atoms with Gasteiger partial charge in [-0.25, -0.2) is 0 Å². The molecule has 1 N–H and O–H groups in total. The van der Waals surface area contributed by atoms with Crippen LogP contribution in [0.1, 0.15) is 5.56 Å². The molecule has 3 heteroatoms. The number of benzene rings is 2. The van der Waals surface area contributed by atoms with Gasteiger partial charge in [0, 0.05) is 6.54 Å². The van der Waals surface area contributed by atoms with E-state index in [1.54, 1.807) is 6.08 Å². The van der Waals surface area contributed by atoms with Crippen molar-refractivity contribution >= 4 is 0 Å². The number of nitrogens with one attached hydrogen (secondary N) is 1. The Morgan fingerprint density at radius 2 is 1.63 bits per heavy atom. The Labute approximate surface area is 113 Å². The van der Waals surface area contributed by atoms with Crippen LogP contribution in [0.3, 0.4) is 0 Å². The van der Waals surface area contributed by atoms with E-state index in [9.17, 15) is 0 Å². The highest BCUT2D eigenvalue weighted by atomic mass is 16.6. The molecule has 0 atom stereocenters. The van der Waals surface area contributed by atoms with Crippen LogP contribution in [-0.4, -0.2) is 6.54 Å². The summed E-state index contributed by atoms with van der Waals surface area (Å²) in [5.74, 6) is 1.56. The first-order valence-electron chi connectivity index (χ1n) is 6.16. The largest absolute Gasteiger partial charge is 0.489 e. The predicted octanol–water partition coefficient (Wildman–Crippen LogP) is 3.34. The fraction of sp³-hybridized carbons (Fsp3) is 0.125. The second-order valence-corrected chi connectivity index (χ2v) is 3.98. The minimum absolute atomic E-state index is 0.565. The number of hydroxylamine groups is 1. The number of hydrogen-bond donors (Lipinski definition) is 1. The maximum Gasteiger partial charge on any atom is 0.147 e. The van der Waals surface area contributed by atoms with Crippen molar-refractivity contribution in [1.82, 2.24) is 5.48 Å². The second kappa shape index (κ2) is 7.24. The summed E-state index contributed by atoms with van der Waals surface area (Å²) in [5, 5.41) is 0. The zero-order chi connectivity index (χ0) is 13.3. The summed E-state index contributed by atoms with van der Waals surface area (Å²) < 4.78 is 5.68. The van der Waals surface area contributed by atoms with E-state index in [0.29, 0.717) is 13.2 Å². The average molecular weight is 255 g/mol. The highest BCUT2D eigenvalue weighted by Gasteiger charge is 1.97. The molecule has 3 nitrogen and oxygen atoms in total. The first-order chi connectivity index (χ1) is 9.38. The van der Waals surface area contributed by atoms with Gasteiger partial charge in [0.1, 0.15) is 18.1 Å². The van der Waals surface area contributed by atoms with Crippen LogP contribution >= 0.6 is 0 Å². The van der Waals surface area contributed by atoms with E-state index in [1.165, 1.54) is 0 Å². The van der Waals surface area contributed by atoms with Crippen molar-refractivity contribution in [3.8, 4) is 11.5 Å². The van der Waals surface area contributed by atoms with Crippen molar-refractivity contribution in [3.05, 3.63) is 72.8 Å². The third-order valence-corrected chi connectivity index (χ3v) is 2.49. The summed E-state index contributed by atoms with van der Waals surface area (Å²) in [6.45, 7) is 4.77. The normalized spacial score (nSPS) is 9.89. The lowest BCUT2D eigenvalue weighted by atomic mass is 10.2. The zero-order valence-corrected chi connectivity index (χ0v) is 10.7. The average Bonchev–Trinajstić information content (AvgIpc) is 2.48. The van der Waals surface area contributed by atoms with Gasteiger partial charge in [-0.05, 0) is 29.8 Å². The third-order valence-electron chi connectivity index (χ3n) is 2.49. The van der Waals surface area contributed by atoms with Crippen LogP contribution in [0.25, 0.3) is 0 Å². The Balaban J connectivity index is 1.83. The lowest BCUT2D eigenvalue weighted by molar-refractivity contribution is 0.208. The molecule has 0 aliphatic carbocycles. The molecule has 0 aliphatic rings. The van der Waals surface area contributed by atoms with Crippen LogP contribution in [0.15, 0.2) is 67.3 Å². The van der Waals surface area contributed by atoms with Gasteiger partial charge in [0.15, 0.2) is 0 Å². The quantitative estimate of drug-likeness (QED) is 0.467. The molecule has 0 heterocycles. The van der Waals surface area contributed by atoms with Crippen LogP contribution < -0.4 is 15.1 Å². The fourth-order valence-corrected chi connectivity index (χ4v) is 1.53. The Kier molecular flexibility index (Phi) is 5.02. The summed E-state index contributed by atoms with van der Waals surface area (Å²) in [6, 6.07) is 17.6. The van der Waals surface area contributed by atoms with E-state index in [4.69, 9.17) is 9.57 Å². The van der Waals surface area contributed by atoms with Gasteiger partial charge in [-0.15, -0.1) is 6.58 Å². The molecule has 0 aromatic heterocycles. The van der Waals surface area contributed by atoms with E-state index < -0.39 is 0 Å². The maximum absolute atomic E-state index is 5.68. The summed E-state index contributed by atoms with van der Waals surface area (Å²) in [5.41, 5.74) is 3.92. The van der Waals surface area contributed by atoms with Crippen LogP contribution in [-0.2, 0) is 6.61 Å². The van der Waals surface area contributed by atoms with E-state index in [0.717, 1.165) is 17.1 Å². The molecule has 0 radical (unpaired) electrons. The summed E-state index contributed by atoms with van der Waals surface area (Å²) in [6.07, 6.45) is 1.73. The van der Waals surface area contributed by atoms with E-state index >= 15 is 0 Å². The summed E-state index contributed by atoms with van der Waals surface area (Å²) in [7, 11) is 0. The number of ether oxygens (including phenoxy) is 1. The fourth-order valence-electron chi connectivity index (χ4n) is 1.53. The molecule has 0 fully saturated rings. The molecule has 0 aliphatic heterocycles. The van der Waals surface area contributed by atoms with Gasteiger partial charge in [0.25, 0.3) is 0 Å². The standard InChI is InChI=1S/C16H17NO2/c1-2-12-17-19-16-10-8-15(9-11-16)18-13-14-6-4-3-5-7-14/h2-11,17H,1,12-13H2. The van der Waals surface area contributed by atoms with Crippen molar-refractivity contribution < 1.29 is 9.57 Å². The molecule has 98 valence electrons. The van der Waals surface area contributed by atoms with E-state index in [-0.39, 0.29) is 0 Å². The summed E-state index contributed by atoms with van der Waals surface area (Å²) in [4.78, 5) is 5.29. The lowest BCUT2D eigenvalue weighted by Gasteiger charge is -2.08. The predicted molar refractivity (Wildman–Crippen MR) is 76.0 cm³/mol. The van der Waals surface area contributed by atoms with E-state index in [1.807, 2.05) is 54.6 Å². The van der Waals surface area contributed by atoms with Gasteiger partial charge in [-0.1, -0.05) is 36.4 Å². The monoisotopic (exact) mass is 255 g/mol. The molecule has 0 saturated carbocycles. The van der Waals surface area contributed by atoms with Gasteiger partial charge in [0.2, 0.25) is 0 Å². The number of hydrogen-bond acceptors (Lipinski definition) is 3. The minimum atomic E-state index is 0.565. The topological polar surface area (TPSA) is 30.5 Å². The van der Waals surface area contributed by atoms with Crippen molar-refractivity contribution in [2.24, 2.45) is 0 Å². The van der Waals surface area contributed by atoms with Crippen LogP contribution in [0.5, 0.6) is 11.5 Å². The highest BCUT2D eigenvalue weighted by Crippen LogP contribution is 2.18. The molecule has 19 heavy (non-hydrogen) atoms. The second-order valence-electron chi connectivity index (χ2n) is 3.98. The van der Waals surface area contributed by atoms with Gasteiger partial charge < -0.3 is 9.57 Å².